The number of ether oxygens (including phenoxy) is 2. The molecule has 0 aliphatic heterocycles. The van der Waals surface area contributed by atoms with Crippen molar-refractivity contribution in [3.05, 3.63) is 41.5 Å². The minimum absolute atomic E-state index is 0.299. The fraction of sp³-hybridized carbons (Fsp3) is 0.368. The Morgan fingerprint density at radius 3 is 2.41 bits per heavy atom. The van der Waals surface area contributed by atoms with Gasteiger partial charge in [-0.2, -0.15) is 0 Å². The number of methoxy groups -OCH3 is 1. The van der Waals surface area contributed by atoms with Crippen LogP contribution in [0.3, 0.4) is 0 Å². The van der Waals surface area contributed by atoms with Gasteiger partial charge in [0, 0.05) is 12.6 Å². The van der Waals surface area contributed by atoms with E-state index >= 15 is 0 Å². The van der Waals surface area contributed by atoms with Gasteiger partial charge in [0.1, 0.15) is 6.04 Å². The summed E-state index contributed by atoms with van der Waals surface area (Å²) in [5.74, 6) is -2.02. The van der Waals surface area contributed by atoms with Crippen LogP contribution in [0.25, 0.3) is 6.08 Å². The van der Waals surface area contributed by atoms with Crippen molar-refractivity contribution in [2.24, 2.45) is 0 Å². The third kappa shape index (κ3) is 8.17. The van der Waals surface area contributed by atoms with Crippen LogP contribution in [0.4, 0.5) is 0 Å². The Hall–Kier alpha value is -3.16. The lowest BCUT2D eigenvalue weighted by Crippen LogP contribution is -2.46. The Bertz CT molecular complexity index is 697. The lowest BCUT2D eigenvalue weighted by molar-refractivity contribution is -0.144. The number of hydrogen-bond donors (Lipinski definition) is 2. The average Bonchev–Trinajstić information content (AvgIpc) is 2.68. The van der Waals surface area contributed by atoms with E-state index in [0.29, 0.717) is 17.7 Å². The predicted molar refractivity (Wildman–Crippen MR) is 98.7 cm³/mol. The van der Waals surface area contributed by atoms with Crippen LogP contribution in [-0.4, -0.2) is 50.1 Å². The molecule has 0 aromatic heterocycles. The summed E-state index contributed by atoms with van der Waals surface area (Å²) < 4.78 is 9.42. The maximum Gasteiger partial charge on any atom is 0.337 e. The van der Waals surface area contributed by atoms with Gasteiger partial charge in [-0.3, -0.25) is 9.59 Å². The Kier molecular flexibility index (Phi) is 9.28. The fourth-order valence-electron chi connectivity index (χ4n) is 1.95. The van der Waals surface area contributed by atoms with E-state index in [1.165, 1.54) is 13.2 Å². The van der Waals surface area contributed by atoms with Gasteiger partial charge in [0.2, 0.25) is 5.91 Å². The average molecular weight is 376 g/mol. The lowest BCUT2D eigenvalue weighted by Gasteiger charge is -2.13. The predicted octanol–water partition coefficient (Wildman–Crippen LogP) is 1.06. The molecular weight excluding hydrogens is 352 g/mol. The Labute approximate surface area is 157 Å². The van der Waals surface area contributed by atoms with E-state index in [2.05, 4.69) is 15.4 Å². The van der Waals surface area contributed by atoms with E-state index in [1.54, 1.807) is 31.2 Å². The van der Waals surface area contributed by atoms with Crippen molar-refractivity contribution in [2.45, 2.75) is 26.3 Å². The van der Waals surface area contributed by atoms with Gasteiger partial charge in [-0.05, 0) is 37.1 Å². The monoisotopic (exact) mass is 376 g/mol. The van der Waals surface area contributed by atoms with Crippen molar-refractivity contribution in [2.75, 3.05) is 20.3 Å². The highest BCUT2D eigenvalue weighted by molar-refractivity contribution is 5.92. The van der Waals surface area contributed by atoms with Gasteiger partial charge in [-0.25, -0.2) is 9.59 Å². The standard InChI is InChI=1S/C19H24N2O6/c1-4-11-20-18(24)13(2)21-16(22)12-27-17(23)10-7-14-5-8-15(9-6-14)19(25)26-3/h5-10,13H,4,11-12H2,1-3H3,(H,20,24)(H,21,22)/b10-7+/t13-/m0/s1. The van der Waals surface area contributed by atoms with Crippen LogP contribution < -0.4 is 10.6 Å². The van der Waals surface area contributed by atoms with Gasteiger partial charge in [0.05, 0.1) is 12.7 Å². The van der Waals surface area contributed by atoms with Crippen molar-refractivity contribution in [3.8, 4) is 0 Å². The van der Waals surface area contributed by atoms with Crippen molar-refractivity contribution in [1.29, 1.82) is 0 Å². The van der Waals surface area contributed by atoms with Crippen LogP contribution in [-0.2, 0) is 23.9 Å². The molecule has 27 heavy (non-hydrogen) atoms. The summed E-state index contributed by atoms with van der Waals surface area (Å²) in [6.45, 7) is 3.50. The highest BCUT2D eigenvalue weighted by Crippen LogP contribution is 2.07. The molecule has 2 N–H and O–H groups in total. The summed E-state index contributed by atoms with van der Waals surface area (Å²) in [4.78, 5) is 46.3. The molecule has 1 atom stereocenters. The first-order valence-corrected chi connectivity index (χ1v) is 8.47. The highest BCUT2D eigenvalue weighted by atomic mass is 16.5. The van der Waals surface area contributed by atoms with E-state index in [9.17, 15) is 19.2 Å². The molecule has 0 fully saturated rings. The molecule has 0 heterocycles. The summed E-state index contributed by atoms with van der Waals surface area (Å²) in [6.07, 6.45) is 3.45. The van der Waals surface area contributed by atoms with E-state index in [4.69, 9.17) is 4.74 Å². The highest BCUT2D eigenvalue weighted by Gasteiger charge is 2.15. The van der Waals surface area contributed by atoms with Gasteiger partial charge >= 0.3 is 11.9 Å². The Balaban J connectivity index is 2.41. The topological polar surface area (TPSA) is 111 Å². The molecule has 0 aliphatic carbocycles. The fourth-order valence-corrected chi connectivity index (χ4v) is 1.95. The van der Waals surface area contributed by atoms with Crippen LogP contribution in [0.5, 0.6) is 0 Å². The first kappa shape index (κ1) is 21.9. The van der Waals surface area contributed by atoms with E-state index in [1.807, 2.05) is 6.92 Å². The molecule has 0 saturated heterocycles. The number of nitrogens with one attached hydrogen (secondary N) is 2. The zero-order chi connectivity index (χ0) is 20.2. The number of esters is 2. The van der Waals surface area contributed by atoms with Crippen molar-refractivity contribution in [3.63, 3.8) is 0 Å². The number of carbonyl (C=O) groups is 4. The van der Waals surface area contributed by atoms with Crippen LogP contribution in [0, 0.1) is 0 Å². The minimum atomic E-state index is -0.716. The van der Waals surface area contributed by atoms with Gasteiger partial charge in [-0.15, -0.1) is 0 Å². The van der Waals surface area contributed by atoms with Crippen LogP contribution >= 0.6 is 0 Å². The third-order valence-electron chi connectivity index (χ3n) is 3.41. The quantitative estimate of drug-likeness (QED) is 0.492. The molecule has 1 aromatic carbocycles. The smallest absolute Gasteiger partial charge is 0.337 e. The summed E-state index contributed by atoms with van der Waals surface area (Å²) >= 11 is 0. The number of benzene rings is 1. The zero-order valence-electron chi connectivity index (χ0n) is 15.6. The number of rotatable bonds is 9. The number of amides is 2. The van der Waals surface area contributed by atoms with Crippen LogP contribution in [0.2, 0.25) is 0 Å². The largest absolute Gasteiger partial charge is 0.465 e. The summed E-state index contributed by atoms with van der Waals surface area (Å²) in [6, 6.07) is 5.69. The molecule has 8 heteroatoms. The molecule has 0 radical (unpaired) electrons. The van der Waals surface area contributed by atoms with E-state index in [0.717, 1.165) is 12.5 Å². The lowest BCUT2D eigenvalue weighted by atomic mass is 10.1. The summed E-state index contributed by atoms with van der Waals surface area (Å²) in [5, 5.41) is 5.10. The normalized spacial score (nSPS) is 11.5. The second-order valence-electron chi connectivity index (χ2n) is 5.63. The van der Waals surface area contributed by atoms with Crippen molar-refractivity contribution < 1.29 is 28.7 Å². The second kappa shape index (κ2) is 11.5. The van der Waals surface area contributed by atoms with Crippen molar-refractivity contribution in [1.82, 2.24) is 10.6 Å². The van der Waals surface area contributed by atoms with Crippen LogP contribution in [0.15, 0.2) is 30.3 Å². The number of carbonyl (C=O) groups excluding carboxylic acids is 4. The first-order valence-electron chi connectivity index (χ1n) is 8.47. The minimum Gasteiger partial charge on any atom is -0.465 e. The molecular formula is C19H24N2O6. The van der Waals surface area contributed by atoms with E-state index in [-0.39, 0.29) is 5.91 Å². The maximum atomic E-state index is 11.7. The van der Waals surface area contributed by atoms with Gasteiger partial charge < -0.3 is 20.1 Å². The second-order valence-corrected chi connectivity index (χ2v) is 5.63. The van der Waals surface area contributed by atoms with Gasteiger partial charge in [0.15, 0.2) is 6.61 Å². The molecule has 0 spiro atoms. The SMILES string of the molecule is CCCNC(=O)[C@H](C)NC(=O)COC(=O)/C=C/c1ccc(C(=O)OC)cc1. The molecule has 0 saturated carbocycles. The number of hydrogen-bond acceptors (Lipinski definition) is 6. The Morgan fingerprint density at radius 1 is 1.15 bits per heavy atom. The molecule has 2 amide bonds. The molecule has 0 unspecified atom stereocenters. The molecule has 1 rings (SSSR count). The molecule has 8 nitrogen and oxygen atoms in total. The Morgan fingerprint density at radius 2 is 1.81 bits per heavy atom. The zero-order valence-corrected chi connectivity index (χ0v) is 15.6. The first-order chi connectivity index (χ1) is 12.9. The van der Waals surface area contributed by atoms with Gasteiger partial charge in [0.25, 0.3) is 5.91 Å². The van der Waals surface area contributed by atoms with Crippen LogP contribution in [0.1, 0.15) is 36.2 Å². The summed E-state index contributed by atoms with van der Waals surface area (Å²) in [7, 11) is 1.29. The maximum absolute atomic E-state index is 11.7. The van der Waals surface area contributed by atoms with E-state index < -0.39 is 30.5 Å². The van der Waals surface area contributed by atoms with Crippen molar-refractivity contribution >= 4 is 29.8 Å². The molecule has 1 aromatic rings. The third-order valence-corrected chi connectivity index (χ3v) is 3.41. The summed E-state index contributed by atoms with van der Waals surface area (Å²) in [5.41, 5.74) is 1.07. The molecule has 0 bridgehead atoms. The van der Waals surface area contributed by atoms with Gasteiger partial charge in [-0.1, -0.05) is 19.1 Å². The molecule has 0 aliphatic rings. The molecule has 146 valence electrons.